The van der Waals surface area contributed by atoms with E-state index in [1.807, 2.05) is 12.1 Å². The molecule has 1 N–H and O–H groups in total. The first-order chi connectivity index (χ1) is 21.0. The Morgan fingerprint density at radius 2 is 1.75 bits per heavy atom. The van der Waals surface area contributed by atoms with Crippen LogP contribution in [0.5, 0.6) is 17.2 Å². The number of rotatable bonds is 7. The summed E-state index contributed by atoms with van der Waals surface area (Å²) < 4.78 is 24.0. The molecule has 2 aliphatic carbocycles. The van der Waals surface area contributed by atoms with E-state index in [0.717, 1.165) is 24.8 Å². The molecule has 0 aromatic heterocycles. The Kier molecular flexibility index (Phi) is 8.06. The van der Waals surface area contributed by atoms with E-state index in [-0.39, 0.29) is 40.9 Å². The van der Waals surface area contributed by atoms with E-state index in [0.29, 0.717) is 35.2 Å². The third kappa shape index (κ3) is 5.20. The summed E-state index contributed by atoms with van der Waals surface area (Å²) in [5, 5.41) is 14.1. The molecule has 3 aromatic rings. The van der Waals surface area contributed by atoms with Crippen LogP contribution in [0, 0.1) is 23.7 Å². The van der Waals surface area contributed by atoms with E-state index in [4.69, 9.17) is 18.9 Å². The van der Waals surface area contributed by atoms with Gasteiger partial charge < -0.3 is 24.1 Å². The van der Waals surface area contributed by atoms with Gasteiger partial charge in [-0.05, 0) is 58.8 Å². The molecule has 0 amide bonds. The molecule has 0 unspecified atom stereocenters. The van der Waals surface area contributed by atoms with Gasteiger partial charge >= 0.3 is 5.97 Å². The quantitative estimate of drug-likeness (QED) is 0.275. The highest BCUT2D eigenvalue weighted by Gasteiger charge is 2.51. The maximum atomic E-state index is 14.1. The van der Waals surface area contributed by atoms with Crippen LogP contribution in [-0.2, 0) is 14.9 Å². The summed E-state index contributed by atoms with van der Waals surface area (Å²) in [7, 11) is 3.24. The predicted molar refractivity (Wildman–Crippen MR) is 173 cm³/mol. The van der Waals surface area contributed by atoms with Gasteiger partial charge in [0.05, 0.1) is 19.8 Å². The lowest BCUT2D eigenvalue weighted by Gasteiger charge is -2.44. The minimum absolute atomic E-state index is 0.0247. The zero-order valence-corrected chi connectivity index (χ0v) is 27.1. The van der Waals surface area contributed by atoms with Crippen molar-refractivity contribution < 1.29 is 28.8 Å². The number of ether oxygens (including phenoxy) is 4. The highest BCUT2D eigenvalue weighted by Crippen LogP contribution is 2.56. The summed E-state index contributed by atoms with van der Waals surface area (Å²) in [6.07, 6.45) is 2.37. The van der Waals surface area contributed by atoms with Crippen LogP contribution in [0.3, 0.4) is 0 Å². The zero-order chi connectivity index (χ0) is 31.3. The van der Waals surface area contributed by atoms with Crippen molar-refractivity contribution in [1.82, 2.24) is 0 Å². The summed E-state index contributed by atoms with van der Waals surface area (Å²) >= 11 is 0. The van der Waals surface area contributed by atoms with Crippen LogP contribution in [-0.4, -0.2) is 37.5 Å². The number of aliphatic hydroxyl groups is 1. The molecule has 1 aliphatic heterocycles. The molecule has 3 aromatic carbocycles. The third-order valence-corrected chi connectivity index (χ3v) is 10.8. The van der Waals surface area contributed by atoms with E-state index in [1.165, 1.54) is 16.3 Å². The Hall–Kier alpha value is -3.67. The van der Waals surface area contributed by atoms with Crippen molar-refractivity contribution in [2.75, 3.05) is 14.2 Å². The van der Waals surface area contributed by atoms with E-state index in [9.17, 15) is 9.90 Å². The number of hydrogen-bond donors (Lipinski definition) is 1. The number of aliphatic hydroxyl groups excluding tert-OH is 1. The molecule has 234 valence electrons. The molecule has 6 atom stereocenters. The standard InChI is InChI=1S/C38H46O6/c1-21(2)27-20-28(35(39)36-33(27)34-31(42-7)18-26(41-6)19-32(34)43-36)37(40)44-30-16-22(3)12-15-29(30)38(4,5)25-14-13-23-10-8-9-11-24(23)17-25/h8-11,13-14,17-19,21-22,27,29-30,33,36,39H,12,15-16,20H2,1-7H3/t22-,27+,29-,30-,33-,36+/m0/s1. The van der Waals surface area contributed by atoms with Crippen LogP contribution >= 0.6 is 0 Å². The fraction of sp³-hybridized carbons (Fsp3) is 0.500. The number of hydrogen-bond acceptors (Lipinski definition) is 6. The van der Waals surface area contributed by atoms with Gasteiger partial charge in [-0.25, -0.2) is 4.79 Å². The summed E-state index contributed by atoms with van der Waals surface area (Å²) in [5.74, 6) is 2.21. The highest BCUT2D eigenvalue weighted by molar-refractivity contribution is 5.90. The van der Waals surface area contributed by atoms with E-state index in [1.54, 1.807) is 14.2 Å². The van der Waals surface area contributed by atoms with Crippen molar-refractivity contribution in [1.29, 1.82) is 0 Å². The molecule has 0 spiro atoms. The molecule has 1 heterocycles. The number of carbonyl (C=O) groups is 1. The molecule has 6 nitrogen and oxygen atoms in total. The smallest absolute Gasteiger partial charge is 0.337 e. The lowest BCUT2D eigenvalue weighted by molar-refractivity contribution is -0.152. The average Bonchev–Trinajstić information content (AvgIpc) is 3.40. The first-order valence-corrected chi connectivity index (χ1v) is 16.1. The van der Waals surface area contributed by atoms with E-state index >= 15 is 0 Å². The van der Waals surface area contributed by atoms with E-state index < -0.39 is 12.1 Å². The predicted octanol–water partition coefficient (Wildman–Crippen LogP) is 8.52. The molecule has 1 fully saturated rings. The fourth-order valence-corrected chi connectivity index (χ4v) is 8.09. The normalized spacial score (nSPS) is 26.6. The van der Waals surface area contributed by atoms with Crippen molar-refractivity contribution in [2.45, 2.75) is 83.8 Å². The van der Waals surface area contributed by atoms with Gasteiger partial charge in [-0.15, -0.1) is 0 Å². The van der Waals surface area contributed by atoms with Gasteiger partial charge in [0, 0.05) is 29.5 Å². The summed E-state index contributed by atoms with van der Waals surface area (Å²) in [5.41, 5.74) is 2.30. The molecular formula is C38H46O6. The number of esters is 1. The molecule has 0 radical (unpaired) electrons. The van der Waals surface area contributed by atoms with Gasteiger partial charge in [-0.3, -0.25) is 0 Å². The molecule has 0 bridgehead atoms. The molecule has 6 heteroatoms. The van der Waals surface area contributed by atoms with Crippen LogP contribution < -0.4 is 14.2 Å². The molecule has 44 heavy (non-hydrogen) atoms. The van der Waals surface area contributed by atoms with Crippen LogP contribution in [0.1, 0.15) is 77.3 Å². The van der Waals surface area contributed by atoms with Gasteiger partial charge in [0.15, 0.2) is 6.10 Å². The second kappa shape index (κ2) is 11.7. The first kappa shape index (κ1) is 30.4. The van der Waals surface area contributed by atoms with Gasteiger partial charge in [-0.2, -0.15) is 0 Å². The van der Waals surface area contributed by atoms with Crippen molar-refractivity contribution in [3.63, 3.8) is 0 Å². The van der Waals surface area contributed by atoms with E-state index in [2.05, 4.69) is 77.1 Å². The minimum Gasteiger partial charge on any atom is -0.508 e. The Balaban J connectivity index is 1.31. The minimum atomic E-state index is -0.676. The Morgan fingerprint density at radius 3 is 2.45 bits per heavy atom. The van der Waals surface area contributed by atoms with Gasteiger partial charge in [-0.1, -0.05) is 83.5 Å². The average molecular weight is 599 g/mol. The monoisotopic (exact) mass is 598 g/mol. The Morgan fingerprint density at radius 1 is 1.00 bits per heavy atom. The van der Waals surface area contributed by atoms with Crippen LogP contribution in [0.4, 0.5) is 0 Å². The fourth-order valence-electron chi connectivity index (χ4n) is 8.09. The number of carbonyl (C=O) groups excluding carboxylic acids is 1. The second-order valence-electron chi connectivity index (χ2n) is 14.0. The number of methoxy groups -OCH3 is 2. The third-order valence-electron chi connectivity index (χ3n) is 10.8. The zero-order valence-electron chi connectivity index (χ0n) is 27.1. The lowest BCUT2D eigenvalue weighted by Crippen LogP contribution is -2.44. The summed E-state index contributed by atoms with van der Waals surface area (Å²) in [6, 6.07) is 18.8. The maximum absolute atomic E-state index is 14.1. The van der Waals surface area contributed by atoms with Gasteiger partial charge in [0.25, 0.3) is 0 Å². The summed E-state index contributed by atoms with van der Waals surface area (Å²) in [6.45, 7) is 11.1. The largest absolute Gasteiger partial charge is 0.508 e. The highest BCUT2D eigenvalue weighted by atomic mass is 16.5. The van der Waals surface area contributed by atoms with Crippen molar-refractivity contribution in [2.24, 2.45) is 23.7 Å². The molecule has 3 aliphatic rings. The Labute approximate surface area is 261 Å². The SMILES string of the molecule is COc1cc(OC)c2c(c1)O[C@H]1C(O)=C(C(=O)O[C@H]3C[C@@H](C)CC[C@@H]3C(C)(C)c3ccc4ccccc4c3)C[C@H](C(C)C)[C@@H]21. The second-order valence-corrected chi connectivity index (χ2v) is 14.0. The molecular weight excluding hydrogens is 552 g/mol. The first-order valence-electron chi connectivity index (χ1n) is 16.1. The van der Waals surface area contributed by atoms with Gasteiger partial charge in [0.2, 0.25) is 0 Å². The number of benzene rings is 3. The Bertz CT molecular complexity index is 1590. The lowest BCUT2D eigenvalue weighted by atomic mass is 9.64. The van der Waals surface area contributed by atoms with Crippen molar-refractivity contribution in [3.8, 4) is 17.2 Å². The van der Waals surface area contributed by atoms with Crippen LogP contribution in [0.25, 0.3) is 10.8 Å². The molecule has 1 saturated carbocycles. The van der Waals surface area contributed by atoms with Crippen molar-refractivity contribution in [3.05, 3.63) is 77.1 Å². The number of fused-ring (bicyclic) bond motifs is 4. The van der Waals surface area contributed by atoms with Crippen LogP contribution in [0.15, 0.2) is 65.9 Å². The maximum Gasteiger partial charge on any atom is 0.337 e. The van der Waals surface area contributed by atoms with Crippen molar-refractivity contribution >= 4 is 16.7 Å². The van der Waals surface area contributed by atoms with Crippen LogP contribution in [0.2, 0.25) is 0 Å². The molecule has 0 saturated heterocycles. The summed E-state index contributed by atoms with van der Waals surface area (Å²) in [4.78, 5) is 14.1. The molecule has 6 rings (SSSR count). The van der Waals surface area contributed by atoms with Gasteiger partial charge in [0.1, 0.15) is 29.1 Å². The topological polar surface area (TPSA) is 74.2 Å².